The monoisotopic (exact) mass is 690 g/mol. The van der Waals surface area contributed by atoms with Crippen LogP contribution in [0.5, 0.6) is 0 Å². The molecule has 11 rings (SSSR count). The lowest BCUT2D eigenvalue weighted by Crippen LogP contribution is -2.01. The molecule has 0 atom stereocenters. The summed E-state index contributed by atoms with van der Waals surface area (Å²) < 4.78 is 9.28. The fraction of sp³-hybridized carbons (Fsp3) is 0. The van der Waals surface area contributed by atoms with Crippen LogP contribution in [0, 0.1) is 0 Å². The minimum Gasteiger partial charge on any atom is -0.454 e. The molecule has 252 valence electrons. The summed E-state index contributed by atoms with van der Waals surface area (Å²) in [5, 5.41) is 6.76. The Kier molecular flexibility index (Phi) is 6.79. The highest BCUT2D eigenvalue weighted by atomic mass is 16.3. The summed E-state index contributed by atoms with van der Waals surface area (Å²) in [5.74, 6) is 1.82. The molecule has 0 amide bonds. The molecule has 0 bridgehead atoms. The summed E-state index contributed by atoms with van der Waals surface area (Å²) in [7, 11) is 0. The van der Waals surface area contributed by atoms with Crippen molar-refractivity contribution in [3.05, 3.63) is 182 Å². The Balaban J connectivity index is 1.25. The predicted octanol–water partition coefficient (Wildman–Crippen LogP) is 12.7. The molecule has 0 radical (unpaired) electrons. The van der Waals surface area contributed by atoms with Crippen molar-refractivity contribution < 1.29 is 4.42 Å². The molecule has 0 aliphatic rings. The summed E-state index contributed by atoms with van der Waals surface area (Å²) in [4.78, 5) is 15.2. The highest BCUT2D eigenvalue weighted by Crippen LogP contribution is 2.46. The molecule has 54 heavy (non-hydrogen) atoms. The molecule has 8 aromatic carbocycles. The van der Waals surface area contributed by atoms with E-state index in [9.17, 15) is 0 Å². The maximum absolute atomic E-state index is 6.91. The van der Waals surface area contributed by atoms with Gasteiger partial charge in [0, 0.05) is 38.2 Å². The van der Waals surface area contributed by atoms with Crippen LogP contribution in [-0.2, 0) is 0 Å². The van der Waals surface area contributed by atoms with E-state index in [0.717, 1.165) is 55.3 Å². The third-order valence-corrected chi connectivity index (χ3v) is 10.4. The highest BCUT2D eigenvalue weighted by Gasteiger charge is 2.24. The number of para-hydroxylation sites is 2. The van der Waals surface area contributed by atoms with Crippen LogP contribution in [0.4, 0.5) is 0 Å². The number of hydrogen-bond acceptors (Lipinski definition) is 4. The van der Waals surface area contributed by atoms with Gasteiger partial charge in [-0.3, -0.25) is 0 Å². The highest BCUT2D eigenvalue weighted by molar-refractivity contribution is 6.24. The van der Waals surface area contributed by atoms with E-state index >= 15 is 0 Å². The first-order chi connectivity index (χ1) is 26.8. The summed E-state index contributed by atoms with van der Waals surface area (Å²) in [6.45, 7) is 0. The smallest absolute Gasteiger partial charge is 0.164 e. The maximum atomic E-state index is 6.91. The van der Waals surface area contributed by atoms with Crippen LogP contribution in [0.2, 0.25) is 0 Å². The molecule has 5 heteroatoms. The second kappa shape index (κ2) is 12.1. The van der Waals surface area contributed by atoms with E-state index < -0.39 is 0 Å². The lowest BCUT2D eigenvalue weighted by Gasteiger charge is -2.14. The number of aromatic nitrogens is 4. The molecule has 0 saturated carbocycles. The van der Waals surface area contributed by atoms with Crippen LogP contribution >= 0.6 is 0 Å². The fourth-order valence-corrected chi connectivity index (χ4v) is 8.06. The average Bonchev–Trinajstić information content (AvgIpc) is 3.80. The number of hydrogen-bond donors (Lipinski definition) is 0. The average molecular weight is 691 g/mol. The summed E-state index contributed by atoms with van der Waals surface area (Å²) in [6, 6.07) is 63.2. The largest absolute Gasteiger partial charge is 0.454 e. The van der Waals surface area contributed by atoms with Crippen LogP contribution in [0.3, 0.4) is 0 Å². The Labute approximate surface area is 310 Å². The van der Waals surface area contributed by atoms with Gasteiger partial charge in [-0.25, -0.2) is 15.0 Å². The van der Waals surface area contributed by atoms with Crippen molar-refractivity contribution in [2.75, 3.05) is 0 Å². The lowest BCUT2D eigenvalue weighted by molar-refractivity contribution is 0.666. The van der Waals surface area contributed by atoms with Crippen LogP contribution < -0.4 is 0 Å². The van der Waals surface area contributed by atoms with Crippen molar-refractivity contribution in [3.63, 3.8) is 0 Å². The number of furan rings is 1. The molecule has 0 N–H and O–H groups in total. The van der Waals surface area contributed by atoms with Gasteiger partial charge in [-0.2, -0.15) is 0 Å². The van der Waals surface area contributed by atoms with Crippen molar-refractivity contribution in [1.29, 1.82) is 0 Å². The standard InChI is InChI=1S/C49H30N4O/c1-4-16-31(17-5-1)43-35-23-11-10-22-34(35)30-41-45(43)36-24-12-14-26-39(36)53(41)40-29-28-38(44-37-25-13-15-27-42(37)54-46(40)44)49-51-47(32-18-6-2-7-19-32)50-48(52-49)33-20-8-3-9-21-33/h1-30H. The molecule has 0 unspecified atom stereocenters. The van der Waals surface area contributed by atoms with Gasteiger partial charge in [-0.05, 0) is 52.2 Å². The van der Waals surface area contributed by atoms with E-state index in [1.807, 2.05) is 72.8 Å². The van der Waals surface area contributed by atoms with Gasteiger partial charge in [-0.15, -0.1) is 0 Å². The van der Waals surface area contributed by atoms with E-state index in [1.165, 1.54) is 32.7 Å². The molecule has 3 aromatic heterocycles. The molecule has 0 spiro atoms. The van der Waals surface area contributed by atoms with E-state index in [0.29, 0.717) is 17.5 Å². The minimum atomic E-state index is 0.588. The Bertz CT molecular complexity index is 3140. The van der Waals surface area contributed by atoms with E-state index in [1.54, 1.807) is 0 Å². The number of benzene rings is 8. The lowest BCUT2D eigenvalue weighted by atomic mass is 9.93. The van der Waals surface area contributed by atoms with Gasteiger partial charge in [0.25, 0.3) is 0 Å². The quantitative estimate of drug-likeness (QED) is 0.180. The molecule has 0 saturated heterocycles. The molecule has 5 nitrogen and oxygen atoms in total. The van der Waals surface area contributed by atoms with Gasteiger partial charge in [0.1, 0.15) is 5.58 Å². The SMILES string of the molecule is c1ccc(-c2nc(-c3ccccc3)nc(-c3ccc(-n4c5ccccc5c5c(-c6ccccc6)c6ccccc6cc54)c4oc5ccccc5c34)n2)cc1. The zero-order chi connectivity index (χ0) is 35.6. The number of nitrogens with zero attached hydrogens (tertiary/aromatic N) is 4. The first-order valence-corrected chi connectivity index (χ1v) is 18.1. The zero-order valence-corrected chi connectivity index (χ0v) is 29.0. The Morgan fingerprint density at radius 1 is 0.407 bits per heavy atom. The van der Waals surface area contributed by atoms with Gasteiger partial charge in [0.15, 0.2) is 23.1 Å². The molecule has 11 aromatic rings. The van der Waals surface area contributed by atoms with Crippen molar-refractivity contribution in [1.82, 2.24) is 19.5 Å². The molecular formula is C49H30N4O. The Morgan fingerprint density at radius 3 is 1.67 bits per heavy atom. The Morgan fingerprint density at radius 2 is 0.963 bits per heavy atom. The molecule has 3 heterocycles. The van der Waals surface area contributed by atoms with Crippen LogP contribution in [-0.4, -0.2) is 19.5 Å². The van der Waals surface area contributed by atoms with Crippen molar-refractivity contribution in [2.45, 2.75) is 0 Å². The number of rotatable bonds is 5. The maximum Gasteiger partial charge on any atom is 0.164 e. The van der Waals surface area contributed by atoms with E-state index in [-0.39, 0.29) is 0 Å². The second-order valence-electron chi connectivity index (χ2n) is 13.6. The van der Waals surface area contributed by atoms with Gasteiger partial charge >= 0.3 is 0 Å². The summed E-state index contributed by atoms with van der Waals surface area (Å²) in [5.41, 5.74) is 9.89. The topological polar surface area (TPSA) is 56.7 Å². The third kappa shape index (κ3) is 4.69. The van der Waals surface area contributed by atoms with E-state index in [4.69, 9.17) is 19.4 Å². The van der Waals surface area contributed by atoms with Gasteiger partial charge < -0.3 is 8.98 Å². The van der Waals surface area contributed by atoms with Gasteiger partial charge in [0.2, 0.25) is 0 Å². The Hall–Kier alpha value is -7.37. The normalized spacial score (nSPS) is 11.7. The molecule has 0 aliphatic carbocycles. The molecular weight excluding hydrogens is 661 g/mol. The fourth-order valence-electron chi connectivity index (χ4n) is 8.06. The summed E-state index contributed by atoms with van der Waals surface area (Å²) in [6.07, 6.45) is 0. The predicted molar refractivity (Wildman–Crippen MR) is 221 cm³/mol. The third-order valence-electron chi connectivity index (χ3n) is 10.4. The van der Waals surface area contributed by atoms with Crippen LogP contribution in [0.1, 0.15) is 0 Å². The zero-order valence-electron chi connectivity index (χ0n) is 29.0. The first kappa shape index (κ1) is 30.3. The van der Waals surface area contributed by atoms with Crippen molar-refractivity contribution in [2.24, 2.45) is 0 Å². The second-order valence-corrected chi connectivity index (χ2v) is 13.6. The van der Waals surface area contributed by atoms with Crippen molar-refractivity contribution >= 4 is 54.5 Å². The first-order valence-electron chi connectivity index (χ1n) is 18.1. The van der Waals surface area contributed by atoms with Gasteiger partial charge in [0.05, 0.1) is 16.7 Å². The van der Waals surface area contributed by atoms with Crippen LogP contribution in [0.15, 0.2) is 186 Å². The van der Waals surface area contributed by atoms with Crippen molar-refractivity contribution in [3.8, 4) is 51.0 Å². The van der Waals surface area contributed by atoms with Crippen LogP contribution in [0.25, 0.3) is 105 Å². The minimum absolute atomic E-state index is 0.588. The molecule has 0 fully saturated rings. The summed E-state index contributed by atoms with van der Waals surface area (Å²) >= 11 is 0. The molecule has 0 aliphatic heterocycles. The number of fused-ring (bicyclic) bond motifs is 7. The van der Waals surface area contributed by atoms with Gasteiger partial charge in [-0.1, -0.05) is 152 Å². The van der Waals surface area contributed by atoms with E-state index in [2.05, 4.69) is 114 Å².